The zero-order valence-corrected chi connectivity index (χ0v) is 11.3. The minimum absolute atomic E-state index is 0.0364. The molecule has 0 unspecified atom stereocenters. The summed E-state index contributed by atoms with van der Waals surface area (Å²) >= 11 is 0. The van der Waals surface area contributed by atoms with Crippen molar-refractivity contribution in [2.45, 2.75) is 25.9 Å². The van der Waals surface area contributed by atoms with Crippen LogP contribution in [0.15, 0.2) is 24.3 Å². The topological polar surface area (TPSA) is 56.1 Å². The van der Waals surface area contributed by atoms with E-state index in [9.17, 15) is 4.79 Å². The fourth-order valence-corrected chi connectivity index (χ4v) is 1.61. The van der Waals surface area contributed by atoms with Crippen LogP contribution >= 0.6 is 0 Å². The van der Waals surface area contributed by atoms with E-state index in [1.165, 1.54) is 0 Å². The molecular formula is C14H19N3O. The predicted molar refractivity (Wildman–Crippen MR) is 70.8 cm³/mol. The molecule has 0 saturated carbocycles. The van der Waals surface area contributed by atoms with E-state index < -0.39 is 5.54 Å². The van der Waals surface area contributed by atoms with Crippen molar-refractivity contribution in [1.82, 2.24) is 10.2 Å². The lowest BCUT2D eigenvalue weighted by molar-refractivity contribution is -0.136. The largest absolute Gasteiger partial charge is 0.340 e. The number of benzene rings is 1. The van der Waals surface area contributed by atoms with Crippen molar-refractivity contribution >= 4 is 5.91 Å². The maximum atomic E-state index is 12.1. The van der Waals surface area contributed by atoms with Crippen molar-refractivity contribution < 1.29 is 4.79 Å². The molecule has 96 valence electrons. The molecule has 18 heavy (non-hydrogen) atoms. The van der Waals surface area contributed by atoms with Crippen LogP contribution in [0.25, 0.3) is 0 Å². The minimum Gasteiger partial charge on any atom is -0.340 e. The van der Waals surface area contributed by atoms with Gasteiger partial charge < -0.3 is 10.2 Å². The molecular weight excluding hydrogens is 226 g/mol. The molecule has 1 amide bonds. The lowest BCUT2D eigenvalue weighted by Crippen LogP contribution is -2.51. The Balaban J connectivity index is 2.73. The van der Waals surface area contributed by atoms with Gasteiger partial charge in [0.15, 0.2) is 0 Å². The highest BCUT2D eigenvalue weighted by molar-refractivity contribution is 5.85. The average Bonchev–Trinajstić information content (AvgIpc) is 2.38. The third-order valence-electron chi connectivity index (χ3n) is 3.01. The van der Waals surface area contributed by atoms with E-state index in [1.54, 1.807) is 31.1 Å². The third kappa shape index (κ3) is 3.31. The zero-order chi connectivity index (χ0) is 13.8. The number of nitrogens with one attached hydrogen (secondary N) is 1. The van der Waals surface area contributed by atoms with Gasteiger partial charge in [0, 0.05) is 13.6 Å². The maximum Gasteiger partial charge on any atom is 0.242 e. The van der Waals surface area contributed by atoms with Gasteiger partial charge >= 0.3 is 0 Å². The second-order valence-electron chi connectivity index (χ2n) is 4.84. The molecule has 1 rings (SSSR count). The van der Waals surface area contributed by atoms with Gasteiger partial charge in [0.1, 0.15) is 0 Å². The van der Waals surface area contributed by atoms with E-state index in [1.807, 2.05) is 26.0 Å². The molecule has 0 aliphatic heterocycles. The van der Waals surface area contributed by atoms with E-state index >= 15 is 0 Å². The number of carbonyl (C=O) groups excluding carboxylic acids is 1. The van der Waals surface area contributed by atoms with Gasteiger partial charge in [-0.25, -0.2) is 0 Å². The predicted octanol–water partition coefficient (Wildman–Crippen LogP) is 1.51. The van der Waals surface area contributed by atoms with Crippen LogP contribution in [0.4, 0.5) is 0 Å². The van der Waals surface area contributed by atoms with Gasteiger partial charge in [0.25, 0.3) is 0 Å². The van der Waals surface area contributed by atoms with Gasteiger partial charge in [0.05, 0.1) is 17.2 Å². The molecule has 1 N–H and O–H groups in total. The first-order valence-corrected chi connectivity index (χ1v) is 5.84. The number of hydrogen-bond donors (Lipinski definition) is 1. The zero-order valence-electron chi connectivity index (χ0n) is 11.3. The smallest absolute Gasteiger partial charge is 0.242 e. The molecule has 0 radical (unpaired) electrons. The number of nitrogens with zero attached hydrogens (tertiary/aromatic N) is 2. The fourth-order valence-electron chi connectivity index (χ4n) is 1.61. The molecule has 0 atom stereocenters. The lowest BCUT2D eigenvalue weighted by atomic mass is 10.0. The first-order chi connectivity index (χ1) is 8.40. The molecule has 0 aliphatic carbocycles. The van der Waals surface area contributed by atoms with E-state index in [-0.39, 0.29) is 5.91 Å². The molecule has 0 aliphatic rings. The van der Waals surface area contributed by atoms with Crippen molar-refractivity contribution in [3.8, 4) is 6.07 Å². The molecule has 0 saturated heterocycles. The normalized spacial score (nSPS) is 10.8. The Morgan fingerprint density at radius 1 is 1.39 bits per heavy atom. The summed E-state index contributed by atoms with van der Waals surface area (Å²) in [5.74, 6) is 0.0364. The summed E-state index contributed by atoms with van der Waals surface area (Å²) in [5, 5.41) is 11.7. The van der Waals surface area contributed by atoms with Crippen LogP contribution < -0.4 is 5.32 Å². The standard InChI is InChI=1S/C14H19N3O/c1-14(2,16-3)13(18)17(4)10-12-7-5-11(9-15)6-8-12/h5-8,16H,10H2,1-4H3. The van der Waals surface area contributed by atoms with E-state index in [0.29, 0.717) is 12.1 Å². The summed E-state index contributed by atoms with van der Waals surface area (Å²) in [6.45, 7) is 4.24. The highest BCUT2D eigenvalue weighted by Gasteiger charge is 2.28. The molecule has 1 aromatic rings. The Bertz CT molecular complexity index is 457. The summed E-state index contributed by atoms with van der Waals surface area (Å²) < 4.78 is 0. The number of carbonyl (C=O) groups is 1. The first kappa shape index (κ1) is 14.2. The van der Waals surface area contributed by atoms with Crippen LogP contribution in [0.5, 0.6) is 0 Å². The van der Waals surface area contributed by atoms with Gasteiger partial charge in [-0.1, -0.05) is 12.1 Å². The minimum atomic E-state index is -0.568. The Kier molecular flexibility index (Phi) is 4.46. The Labute approximate surface area is 108 Å². The summed E-state index contributed by atoms with van der Waals surface area (Å²) in [6, 6.07) is 9.33. The molecule has 4 heteroatoms. The average molecular weight is 245 g/mol. The van der Waals surface area contributed by atoms with Crippen LogP contribution in [0.1, 0.15) is 25.0 Å². The second kappa shape index (κ2) is 5.65. The SMILES string of the molecule is CNC(C)(C)C(=O)N(C)Cc1ccc(C#N)cc1. The lowest BCUT2D eigenvalue weighted by Gasteiger charge is -2.29. The van der Waals surface area contributed by atoms with Crippen LogP contribution in [-0.2, 0) is 11.3 Å². The van der Waals surface area contributed by atoms with Crippen LogP contribution in [0.2, 0.25) is 0 Å². The molecule has 1 aromatic carbocycles. The maximum absolute atomic E-state index is 12.1. The quantitative estimate of drug-likeness (QED) is 0.875. The molecule has 0 spiro atoms. The molecule has 0 bridgehead atoms. The molecule has 0 heterocycles. The number of likely N-dealkylation sites (N-methyl/N-ethyl adjacent to an activating group) is 2. The first-order valence-electron chi connectivity index (χ1n) is 5.84. The highest BCUT2D eigenvalue weighted by Crippen LogP contribution is 2.11. The third-order valence-corrected chi connectivity index (χ3v) is 3.01. The van der Waals surface area contributed by atoms with Crippen molar-refractivity contribution in [3.05, 3.63) is 35.4 Å². The van der Waals surface area contributed by atoms with Gasteiger partial charge in [-0.2, -0.15) is 5.26 Å². The summed E-state index contributed by atoms with van der Waals surface area (Å²) in [7, 11) is 3.55. The van der Waals surface area contributed by atoms with Gasteiger partial charge in [-0.3, -0.25) is 4.79 Å². The number of hydrogen-bond acceptors (Lipinski definition) is 3. The second-order valence-corrected chi connectivity index (χ2v) is 4.84. The van der Waals surface area contributed by atoms with Crippen LogP contribution in [-0.4, -0.2) is 30.4 Å². The molecule has 0 fully saturated rings. The summed E-state index contributed by atoms with van der Waals surface area (Å²) in [6.07, 6.45) is 0. The summed E-state index contributed by atoms with van der Waals surface area (Å²) in [4.78, 5) is 13.8. The van der Waals surface area contributed by atoms with E-state index in [4.69, 9.17) is 5.26 Å². The Morgan fingerprint density at radius 2 is 1.94 bits per heavy atom. The summed E-state index contributed by atoms with van der Waals surface area (Å²) in [5.41, 5.74) is 1.07. The fraction of sp³-hybridized carbons (Fsp3) is 0.429. The van der Waals surface area contributed by atoms with Gasteiger partial charge in [0.2, 0.25) is 5.91 Å². The van der Waals surface area contributed by atoms with E-state index in [2.05, 4.69) is 11.4 Å². The Hall–Kier alpha value is -1.86. The van der Waals surface area contributed by atoms with Crippen molar-refractivity contribution in [2.75, 3.05) is 14.1 Å². The van der Waals surface area contributed by atoms with Crippen molar-refractivity contribution in [3.63, 3.8) is 0 Å². The number of rotatable bonds is 4. The number of amides is 1. The van der Waals surface area contributed by atoms with E-state index in [0.717, 1.165) is 5.56 Å². The van der Waals surface area contributed by atoms with Crippen molar-refractivity contribution in [1.29, 1.82) is 5.26 Å². The van der Waals surface area contributed by atoms with Crippen LogP contribution in [0, 0.1) is 11.3 Å². The van der Waals surface area contributed by atoms with Gasteiger partial charge in [-0.05, 0) is 38.6 Å². The van der Waals surface area contributed by atoms with Crippen molar-refractivity contribution in [2.24, 2.45) is 0 Å². The number of nitriles is 1. The molecule has 0 aromatic heterocycles. The molecule has 4 nitrogen and oxygen atoms in total. The monoisotopic (exact) mass is 245 g/mol. The van der Waals surface area contributed by atoms with Gasteiger partial charge in [-0.15, -0.1) is 0 Å². The Morgan fingerprint density at radius 3 is 2.39 bits per heavy atom. The van der Waals surface area contributed by atoms with Crippen LogP contribution in [0.3, 0.4) is 0 Å². The highest BCUT2D eigenvalue weighted by atomic mass is 16.2.